The molecule has 0 radical (unpaired) electrons. The van der Waals surface area contributed by atoms with Gasteiger partial charge in [-0.2, -0.15) is 0 Å². The molecule has 0 aliphatic carbocycles. The van der Waals surface area contributed by atoms with Gasteiger partial charge in [0, 0.05) is 25.8 Å². The van der Waals surface area contributed by atoms with Crippen LogP contribution in [0.3, 0.4) is 0 Å². The van der Waals surface area contributed by atoms with Gasteiger partial charge in [-0.05, 0) is 31.2 Å². The molecule has 1 aliphatic rings. The van der Waals surface area contributed by atoms with E-state index in [0.29, 0.717) is 12.1 Å². The summed E-state index contributed by atoms with van der Waals surface area (Å²) in [5, 5.41) is 3.00. The highest BCUT2D eigenvalue weighted by atomic mass is 16.1. The maximum atomic E-state index is 12.3. The molecule has 1 aliphatic heterocycles. The number of piperidine rings is 1. The number of nitrogens with zero attached hydrogens (tertiary/aromatic N) is 3. The minimum absolute atomic E-state index is 0.0654. The van der Waals surface area contributed by atoms with Gasteiger partial charge < -0.3 is 10.2 Å². The van der Waals surface area contributed by atoms with Gasteiger partial charge in [0.2, 0.25) is 0 Å². The van der Waals surface area contributed by atoms with Crippen LogP contribution in [0.25, 0.3) is 0 Å². The zero-order chi connectivity index (χ0) is 15.2. The van der Waals surface area contributed by atoms with Gasteiger partial charge in [0.25, 0.3) is 5.91 Å². The summed E-state index contributed by atoms with van der Waals surface area (Å²) in [7, 11) is 0. The molecule has 1 saturated heterocycles. The molecular weight excluding hydrogens is 264 g/mol. The van der Waals surface area contributed by atoms with Crippen molar-refractivity contribution in [2.24, 2.45) is 5.92 Å². The lowest BCUT2D eigenvalue weighted by molar-refractivity contribution is 0.0941. The summed E-state index contributed by atoms with van der Waals surface area (Å²) in [5.74, 6) is 0.922. The van der Waals surface area contributed by atoms with Gasteiger partial charge >= 0.3 is 0 Å². The first-order chi connectivity index (χ1) is 10.1. The summed E-state index contributed by atoms with van der Waals surface area (Å²) in [6.07, 6.45) is 5.70. The number of amides is 1. The van der Waals surface area contributed by atoms with Crippen LogP contribution in [0.5, 0.6) is 0 Å². The average Bonchev–Trinajstić information content (AvgIpc) is 2.47. The van der Waals surface area contributed by atoms with Crippen molar-refractivity contribution in [2.45, 2.75) is 39.5 Å². The van der Waals surface area contributed by atoms with Crippen LogP contribution in [0, 0.1) is 5.92 Å². The first-order valence-corrected chi connectivity index (χ1v) is 7.88. The Kier molecular flexibility index (Phi) is 5.67. The van der Waals surface area contributed by atoms with E-state index < -0.39 is 0 Å². The summed E-state index contributed by atoms with van der Waals surface area (Å²) in [6, 6.07) is 0. The Morgan fingerprint density at radius 3 is 3.05 bits per heavy atom. The molecule has 5 heteroatoms. The standard InChI is InChI=1S/C16H26N4O/c1-12(2)15-14(9-17-11-19-15)16(21)18-6-8-20-7-4-5-13(3)10-20/h9,11-13H,4-8,10H2,1-3H3,(H,18,21)/t13-/m1/s1. The minimum Gasteiger partial charge on any atom is -0.351 e. The van der Waals surface area contributed by atoms with Crippen molar-refractivity contribution in [1.82, 2.24) is 20.2 Å². The third kappa shape index (κ3) is 4.49. The van der Waals surface area contributed by atoms with E-state index in [2.05, 4.69) is 27.1 Å². The lowest BCUT2D eigenvalue weighted by Gasteiger charge is -2.30. The molecule has 21 heavy (non-hydrogen) atoms. The summed E-state index contributed by atoms with van der Waals surface area (Å²) in [4.78, 5) is 22.9. The van der Waals surface area contributed by atoms with Gasteiger partial charge in [0.15, 0.2) is 0 Å². The number of carbonyl (C=O) groups is 1. The number of carbonyl (C=O) groups excluding carboxylic acids is 1. The predicted octanol–water partition coefficient (Wildman–Crippen LogP) is 2.06. The van der Waals surface area contributed by atoms with Crippen LogP contribution in [0.15, 0.2) is 12.5 Å². The SMILES string of the molecule is CC(C)c1ncncc1C(=O)NCCN1CCC[C@@H](C)C1. The highest BCUT2D eigenvalue weighted by Gasteiger charge is 2.17. The first kappa shape index (κ1) is 15.9. The van der Waals surface area contributed by atoms with Crippen LogP contribution in [-0.2, 0) is 0 Å². The largest absolute Gasteiger partial charge is 0.351 e. The molecule has 0 aromatic carbocycles. The Balaban J connectivity index is 1.85. The van der Waals surface area contributed by atoms with Gasteiger partial charge in [-0.3, -0.25) is 4.79 Å². The van der Waals surface area contributed by atoms with Gasteiger partial charge in [-0.15, -0.1) is 0 Å². The second-order valence-electron chi connectivity index (χ2n) is 6.28. The van der Waals surface area contributed by atoms with Crippen molar-refractivity contribution in [3.8, 4) is 0 Å². The summed E-state index contributed by atoms with van der Waals surface area (Å²) in [5.41, 5.74) is 1.41. The van der Waals surface area contributed by atoms with Crippen LogP contribution in [0.2, 0.25) is 0 Å². The van der Waals surface area contributed by atoms with Gasteiger partial charge in [-0.1, -0.05) is 20.8 Å². The van der Waals surface area contributed by atoms with E-state index in [4.69, 9.17) is 0 Å². The molecule has 2 heterocycles. The van der Waals surface area contributed by atoms with Gasteiger partial charge in [0.1, 0.15) is 6.33 Å². The Labute approximate surface area is 127 Å². The summed E-state index contributed by atoms with van der Waals surface area (Å²) < 4.78 is 0. The number of hydrogen-bond acceptors (Lipinski definition) is 4. The van der Waals surface area contributed by atoms with Crippen molar-refractivity contribution in [3.63, 3.8) is 0 Å². The molecule has 1 fully saturated rings. The molecule has 1 aromatic heterocycles. The highest BCUT2D eigenvalue weighted by Crippen LogP contribution is 2.16. The van der Waals surface area contributed by atoms with Crippen LogP contribution in [0.4, 0.5) is 0 Å². The van der Waals surface area contributed by atoms with E-state index in [9.17, 15) is 4.79 Å². The maximum absolute atomic E-state index is 12.3. The number of likely N-dealkylation sites (tertiary alicyclic amines) is 1. The molecule has 0 unspecified atom stereocenters. The second-order valence-corrected chi connectivity index (χ2v) is 6.28. The smallest absolute Gasteiger partial charge is 0.254 e. The van der Waals surface area contributed by atoms with Crippen molar-refractivity contribution in [2.75, 3.05) is 26.2 Å². The molecule has 116 valence electrons. The molecule has 1 aromatic rings. The van der Waals surface area contributed by atoms with E-state index in [0.717, 1.165) is 31.2 Å². The van der Waals surface area contributed by atoms with Crippen molar-refractivity contribution < 1.29 is 4.79 Å². The fourth-order valence-corrected chi connectivity index (χ4v) is 2.89. The molecule has 1 amide bonds. The van der Waals surface area contributed by atoms with Crippen LogP contribution in [0.1, 0.15) is 55.6 Å². The molecular formula is C16H26N4O. The zero-order valence-corrected chi connectivity index (χ0v) is 13.3. The third-order valence-corrected chi connectivity index (χ3v) is 3.99. The normalized spacial score (nSPS) is 19.7. The van der Waals surface area contributed by atoms with Crippen LogP contribution < -0.4 is 5.32 Å². The van der Waals surface area contributed by atoms with E-state index in [1.54, 1.807) is 6.20 Å². The molecule has 0 saturated carbocycles. The number of aromatic nitrogens is 2. The lowest BCUT2D eigenvalue weighted by Crippen LogP contribution is -2.40. The zero-order valence-electron chi connectivity index (χ0n) is 13.3. The van der Waals surface area contributed by atoms with E-state index in [1.165, 1.54) is 19.2 Å². The second kappa shape index (κ2) is 7.50. The average molecular weight is 290 g/mol. The van der Waals surface area contributed by atoms with E-state index in [1.807, 2.05) is 13.8 Å². The van der Waals surface area contributed by atoms with Crippen LogP contribution in [-0.4, -0.2) is 47.0 Å². The molecule has 1 atom stereocenters. The Bertz CT molecular complexity index is 475. The highest BCUT2D eigenvalue weighted by molar-refractivity contribution is 5.95. The molecule has 1 N–H and O–H groups in total. The molecule has 0 bridgehead atoms. The Hall–Kier alpha value is -1.49. The Morgan fingerprint density at radius 1 is 1.52 bits per heavy atom. The topological polar surface area (TPSA) is 58.1 Å². The molecule has 0 spiro atoms. The number of rotatable bonds is 5. The van der Waals surface area contributed by atoms with E-state index >= 15 is 0 Å². The molecule has 5 nitrogen and oxygen atoms in total. The van der Waals surface area contributed by atoms with Crippen molar-refractivity contribution in [3.05, 3.63) is 23.8 Å². The Morgan fingerprint density at radius 2 is 2.33 bits per heavy atom. The summed E-state index contributed by atoms with van der Waals surface area (Å²) in [6.45, 7) is 10.2. The summed E-state index contributed by atoms with van der Waals surface area (Å²) >= 11 is 0. The third-order valence-electron chi connectivity index (χ3n) is 3.99. The minimum atomic E-state index is -0.0654. The number of nitrogens with one attached hydrogen (secondary N) is 1. The quantitative estimate of drug-likeness (QED) is 0.902. The molecule has 2 rings (SSSR count). The van der Waals surface area contributed by atoms with Crippen LogP contribution >= 0.6 is 0 Å². The first-order valence-electron chi connectivity index (χ1n) is 7.88. The van der Waals surface area contributed by atoms with Gasteiger partial charge in [-0.25, -0.2) is 9.97 Å². The fourth-order valence-electron chi connectivity index (χ4n) is 2.89. The van der Waals surface area contributed by atoms with Crippen molar-refractivity contribution >= 4 is 5.91 Å². The fraction of sp³-hybridized carbons (Fsp3) is 0.688. The monoisotopic (exact) mass is 290 g/mol. The van der Waals surface area contributed by atoms with Crippen molar-refractivity contribution in [1.29, 1.82) is 0 Å². The lowest BCUT2D eigenvalue weighted by atomic mass is 10.0. The van der Waals surface area contributed by atoms with Gasteiger partial charge in [0.05, 0.1) is 11.3 Å². The maximum Gasteiger partial charge on any atom is 0.254 e. The van der Waals surface area contributed by atoms with E-state index in [-0.39, 0.29) is 11.8 Å². The number of hydrogen-bond donors (Lipinski definition) is 1. The predicted molar refractivity (Wildman–Crippen MR) is 83.3 cm³/mol.